The second-order valence-corrected chi connectivity index (χ2v) is 6.47. The van der Waals surface area contributed by atoms with Crippen LogP contribution in [-0.2, 0) is 12.8 Å². The summed E-state index contributed by atoms with van der Waals surface area (Å²) in [5.74, 6) is 2.59. The first-order valence-corrected chi connectivity index (χ1v) is 9.31. The zero-order valence-electron chi connectivity index (χ0n) is 15.3. The molecule has 0 saturated carbocycles. The highest BCUT2D eigenvalue weighted by atomic mass is 16.5. The van der Waals surface area contributed by atoms with E-state index in [1.807, 2.05) is 30.3 Å². The fourth-order valence-corrected chi connectivity index (χ4v) is 3.07. The van der Waals surface area contributed by atoms with Crippen LogP contribution in [-0.4, -0.2) is 39.3 Å². The summed E-state index contributed by atoms with van der Waals surface area (Å²) in [4.78, 5) is 16.5. The van der Waals surface area contributed by atoms with Crippen molar-refractivity contribution in [2.75, 3.05) is 23.7 Å². The normalized spacial score (nSPS) is 12.9. The summed E-state index contributed by atoms with van der Waals surface area (Å²) in [6, 6.07) is 9.21. The minimum Gasteiger partial charge on any atom is -0.367 e. The van der Waals surface area contributed by atoms with Gasteiger partial charge in [0, 0.05) is 31.3 Å². The lowest BCUT2D eigenvalue weighted by atomic mass is 9.96. The summed E-state index contributed by atoms with van der Waals surface area (Å²) in [7, 11) is 0. The number of aryl methyl sites for hydroxylation is 1. The number of rotatable bonds is 7. The highest BCUT2D eigenvalue weighted by molar-refractivity contribution is 5.93. The maximum atomic E-state index is 12.3. The minimum atomic E-state index is -0.199. The molecule has 144 valence electrons. The molecule has 28 heavy (non-hydrogen) atoms. The van der Waals surface area contributed by atoms with E-state index in [0.717, 1.165) is 37.0 Å². The van der Waals surface area contributed by atoms with Crippen LogP contribution in [0.1, 0.15) is 34.7 Å². The van der Waals surface area contributed by atoms with Crippen LogP contribution in [0.25, 0.3) is 0 Å². The maximum Gasteiger partial charge on any atom is 0.273 e. The number of fused-ring (bicyclic) bond motifs is 1. The Labute approximate surface area is 161 Å². The predicted molar refractivity (Wildman–Crippen MR) is 104 cm³/mol. The number of aromatic nitrogens is 4. The van der Waals surface area contributed by atoms with E-state index in [-0.39, 0.29) is 5.91 Å². The quantitative estimate of drug-likeness (QED) is 0.535. The van der Waals surface area contributed by atoms with E-state index in [9.17, 15) is 4.79 Å². The molecule has 9 heteroatoms. The van der Waals surface area contributed by atoms with Gasteiger partial charge in [0.2, 0.25) is 0 Å². The smallest absolute Gasteiger partial charge is 0.273 e. The van der Waals surface area contributed by atoms with Crippen molar-refractivity contribution >= 4 is 23.4 Å². The molecule has 0 aliphatic heterocycles. The van der Waals surface area contributed by atoms with Crippen molar-refractivity contribution < 1.29 is 9.32 Å². The minimum absolute atomic E-state index is 0.199. The van der Waals surface area contributed by atoms with E-state index in [0.29, 0.717) is 36.2 Å². The molecule has 0 atom stereocenters. The summed E-state index contributed by atoms with van der Waals surface area (Å²) >= 11 is 0. The van der Waals surface area contributed by atoms with E-state index >= 15 is 0 Å². The highest BCUT2D eigenvalue weighted by Crippen LogP contribution is 2.24. The summed E-state index contributed by atoms with van der Waals surface area (Å²) in [6.45, 7) is 0.962. The van der Waals surface area contributed by atoms with E-state index in [2.05, 4.69) is 36.3 Å². The first-order valence-electron chi connectivity index (χ1n) is 9.31. The Kier molecular flexibility index (Phi) is 5.41. The lowest BCUT2D eigenvalue weighted by Crippen LogP contribution is -2.30. The van der Waals surface area contributed by atoms with Crippen molar-refractivity contribution in [3.05, 3.63) is 53.5 Å². The van der Waals surface area contributed by atoms with Gasteiger partial charge in [-0.3, -0.25) is 4.79 Å². The zero-order valence-corrected chi connectivity index (χ0v) is 15.3. The molecule has 3 aromatic rings. The number of anilines is 3. The van der Waals surface area contributed by atoms with Gasteiger partial charge in [0.25, 0.3) is 5.91 Å². The highest BCUT2D eigenvalue weighted by Gasteiger charge is 2.23. The van der Waals surface area contributed by atoms with Crippen LogP contribution in [0.4, 0.5) is 17.5 Å². The fraction of sp³-hybridized carbons (Fsp3) is 0.316. The number of hydrogen-bond acceptors (Lipinski definition) is 8. The van der Waals surface area contributed by atoms with Gasteiger partial charge in [-0.15, -0.1) is 10.2 Å². The second-order valence-electron chi connectivity index (χ2n) is 6.47. The molecular weight excluding hydrogens is 358 g/mol. The third kappa shape index (κ3) is 4.25. The lowest BCUT2D eigenvalue weighted by molar-refractivity contribution is 0.0945. The Morgan fingerprint density at radius 2 is 1.86 bits per heavy atom. The molecule has 0 bridgehead atoms. The van der Waals surface area contributed by atoms with Gasteiger partial charge in [-0.05, 0) is 43.5 Å². The number of nitrogens with one attached hydrogen (secondary N) is 3. The second kappa shape index (κ2) is 8.47. The Hall–Kier alpha value is -3.49. The molecule has 3 N–H and O–H groups in total. The van der Waals surface area contributed by atoms with Crippen molar-refractivity contribution in [2.45, 2.75) is 25.7 Å². The van der Waals surface area contributed by atoms with E-state index in [4.69, 9.17) is 4.52 Å². The lowest BCUT2D eigenvalue weighted by Gasteiger charge is -2.10. The molecule has 3 aromatic heterocycles. The largest absolute Gasteiger partial charge is 0.367 e. The molecule has 0 unspecified atom stereocenters. The van der Waals surface area contributed by atoms with Crippen LogP contribution in [0, 0.1) is 0 Å². The first-order chi connectivity index (χ1) is 13.8. The molecule has 3 heterocycles. The number of carbonyl (C=O) groups excluding carboxylic acids is 1. The Morgan fingerprint density at radius 3 is 2.68 bits per heavy atom. The molecule has 1 amide bonds. The number of nitrogens with zero attached hydrogens (tertiary/aromatic N) is 4. The van der Waals surface area contributed by atoms with Gasteiger partial charge >= 0.3 is 0 Å². The topological polar surface area (TPSA) is 118 Å². The molecule has 0 fully saturated rings. The maximum absolute atomic E-state index is 12.3. The van der Waals surface area contributed by atoms with E-state index in [1.54, 1.807) is 6.20 Å². The van der Waals surface area contributed by atoms with Crippen molar-refractivity contribution in [2.24, 2.45) is 0 Å². The van der Waals surface area contributed by atoms with Crippen molar-refractivity contribution in [3.63, 3.8) is 0 Å². The zero-order chi connectivity index (χ0) is 19.2. The van der Waals surface area contributed by atoms with Crippen LogP contribution in [0.15, 0.2) is 41.1 Å². The summed E-state index contributed by atoms with van der Waals surface area (Å²) in [5.41, 5.74) is 1.37. The van der Waals surface area contributed by atoms with Gasteiger partial charge in [-0.2, -0.15) is 0 Å². The van der Waals surface area contributed by atoms with Gasteiger partial charge in [-0.1, -0.05) is 11.2 Å². The van der Waals surface area contributed by atoms with E-state index < -0.39 is 0 Å². The average molecular weight is 379 g/mol. The first kappa shape index (κ1) is 17.9. The summed E-state index contributed by atoms with van der Waals surface area (Å²) < 4.78 is 5.28. The van der Waals surface area contributed by atoms with Crippen LogP contribution >= 0.6 is 0 Å². The Bertz CT molecular complexity index is 925. The fourth-order valence-electron chi connectivity index (χ4n) is 3.07. The summed E-state index contributed by atoms with van der Waals surface area (Å²) in [5, 5.41) is 21.2. The van der Waals surface area contributed by atoms with Crippen LogP contribution in [0.5, 0.6) is 0 Å². The van der Waals surface area contributed by atoms with Crippen molar-refractivity contribution in [3.8, 4) is 0 Å². The molecular formula is C19H21N7O2. The SMILES string of the molecule is O=C(NCCNc1ccc(Nc2ccccn2)nn1)c1noc2c1CCCC2. The molecule has 0 saturated heterocycles. The average Bonchev–Trinajstić information content (AvgIpc) is 3.17. The standard InChI is InChI=1S/C19H21N7O2/c27-19(18-13-5-1-2-6-14(13)28-26-18)22-12-11-21-16-8-9-17(25-24-16)23-15-7-3-4-10-20-15/h3-4,7-10H,1-2,5-6,11-12H2,(H,21,24)(H,22,27)(H,20,23,25). The number of pyridine rings is 1. The molecule has 0 aromatic carbocycles. The van der Waals surface area contributed by atoms with Gasteiger partial charge in [0.15, 0.2) is 11.5 Å². The third-order valence-corrected chi connectivity index (χ3v) is 4.47. The van der Waals surface area contributed by atoms with Crippen molar-refractivity contribution in [1.82, 2.24) is 25.7 Å². The van der Waals surface area contributed by atoms with Gasteiger partial charge in [0.1, 0.15) is 17.4 Å². The molecule has 1 aliphatic rings. The molecule has 1 aliphatic carbocycles. The molecule has 4 rings (SSSR count). The number of amides is 1. The number of carbonyl (C=O) groups is 1. The van der Waals surface area contributed by atoms with Gasteiger partial charge < -0.3 is 20.5 Å². The Morgan fingerprint density at radius 1 is 1.00 bits per heavy atom. The number of hydrogen-bond donors (Lipinski definition) is 3. The van der Waals surface area contributed by atoms with Gasteiger partial charge in [0.05, 0.1) is 0 Å². The summed E-state index contributed by atoms with van der Waals surface area (Å²) in [6.07, 6.45) is 5.58. The van der Waals surface area contributed by atoms with Gasteiger partial charge in [-0.25, -0.2) is 4.98 Å². The van der Waals surface area contributed by atoms with Crippen LogP contribution in [0.2, 0.25) is 0 Å². The van der Waals surface area contributed by atoms with Crippen LogP contribution < -0.4 is 16.0 Å². The molecule has 9 nitrogen and oxygen atoms in total. The Balaban J connectivity index is 1.23. The van der Waals surface area contributed by atoms with Crippen LogP contribution in [0.3, 0.4) is 0 Å². The third-order valence-electron chi connectivity index (χ3n) is 4.47. The molecule has 0 spiro atoms. The van der Waals surface area contributed by atoms with E-state index in [1.165, 1.54) is 0 Å². The molecule has 0 radical (unpaired) electrons. The predicted octanol–water partition coefficient (Wildman–Crippen LogP) is 2.32. The van der Waals surface area contributed by atoms with Crippen molar-refractivity contribution in [1.29, 1.82) is 0 Å². The monoisotopic (exact) mass is 379 g/mol.